The summed E-state index contributed by atoms with van der Waals surface area (Å²) in [7, 11) is 0. The van der Waals surface area contributed by atoms with Crippen LogP contribution in [-0.4, -0.2) is 43.0 Å². The van der Waals surface area contributed by atoms with Gasteiger partial charge in [-0.05, 0) is 26.2 Å². The Morgan fingerprint density at radius 3 is 2.67 bits per heavy atom. The van der Waals surface area contributed by atoms with Gasteiger partial charge in [0, 0.05) is 38.6 Å². The molecule has 0 bridgehead atoms. The summed E-state index contributed by atoms with van der Waals surface area (Å²) in [5, 5.41) is 3.23. The first-order chi connectivity index (χ1) is 7.24. The van der Waals surface area contributed by atoms with Crippen molar-refractivity contribution in [3.05, 3.63) is 0 Å². The number of nitrogens with two attached hydrogens (primary N) is 1. The summed E-state index contributed by atoms with van der Waals surface area (Å²) in [6, 6.07) is 0.305. The SMILES string of the molecule is CC(CN)NCCC(=O)N1CCCCC1. The van der Waals surface area contributed by atoms with E-state index in [0.717, 1.165) is 19.6 Å². The van der Waals surface area contributed by atoms with Crippen LogP contribution < -0.4 is 11.1 Å². The molecule has 1 unspecified atom stereocenters. The number of nitrogens with one attached hydrogen (secondary N) is 1. The van der Waals surface area contributed by atoms with Crippen molar-refractivity contribution in [3.8, 4) is 0 Å². The summed E-state index contributed by atoms with van der Waals surface area (Å²) >= 11 is 0. The average Bonchev–Trinajstić information content (AvgIpc) is 2.29. The lowest BCUT2D eigenvalue weighted by molar-refractivity contribution is -0.131. The van der Waals surface area contributed by atoms with Crippen molar-refractivity contribution in [2.75, 3.05) is 26.2 Å². The highest BCUT2D eigenvalue weighted by Crippen LogP contribution is 2.09. The van der Waals surface area contributed by atoms with Crippen LogP contribution >= 0.6 is 0 Å². The van der Waals surface area contributed by atoms with E-state index in [2.05, 4.69) is 5.32 Å². The number of nitrogens with zero attached hydrogens (tertiary/aromatic N) is 1. The molecular weight excluding hydrogens is 190 g/mol. The number of hydrogen-bond acceptors (Lipinski definition) is 3. The van der Waals surface area contributed by atoms with E-state index in [1.807, 2.05) is 11.8 Å². The predicted octanol–water partition coefficient (Wildman–Crippen LogP) is 0.326. The third-order valence-electron chi connectivity index (χ3n) is 2.89. The second-order valence-electron chi connectivity index (χ2n) is 4.28. The van der Waals surface area contributed by atoms with Crippen LogP contribution in [0.5, 0.6) is 0 Å². The maximum absolute atomic E-state index is 11.7. The van der Waals surface area contributed by atoms with Crippen LogP contribution in [0.4, 0.5) is 0 Å². The fraction of sp³-hybridized carbons (Fsp3) is 0.909. The average molecular weight is 213 g/mol. The molecule has 1 aliphatic rings. The minimum atomic E-state index is 0.284. The molecule has 1 fully saturated rings. The van der Waals surface area contributed by atoms with E-state index >= 15 is 0 Å². The Bertz CT molecular complexity index is 190. The maximum Gasteiger partial charge on any atom is 0.223 e. The van der Waals surface area contributed by atoms with E-state index in [9.17, 15) is 4.79 Å². The Morgan fingerprint density at radius 2 is 2.07 bits per heavy atom. The van der Waals surface area contributed by atoms with Crippen molar-refractivity contribution < 1.29 is 4.79 Å². The van der Waals surface area contributed by atoms with Gasteiger partial charge in [-0.15, -0.1) is 0 Å². The zero-order valence-corrected chi connectivity index (χ0v) is 9.67. The normalized spacial score (nSPS) is 18.9. The monoisotopic (exact) mass is 213 g/mol. The van der Waals surface area contributed by atoms with Gasteiger partial charge in [0.1, 0.15) is 0 Å². The van der Waals surface area contributed by atoms with Crippen LogP contribution in [0.15, 0.2) is 0 Å². The third kappa shape index (κ3) is 4.62. The Hall–Kier alpha value is -0.610. The molecule has 1 aliphatic heterocycles. The van der Waals surface area contributed by atoms with Crippen molar-refractivity contribution >= 4 is 5.91 Å². The smallest absolute Gasteiger partial charge is 0.223 e. The standard InChI is InChI=1S/C11H23N3O/c1-10(9-12)13-6-5-11(15)14-7-3-2-4-8-14/h10,13H,2-9,12H2,1H3. The summed E-state index contributed by atoms with van der Waals surface area (Å²) in [5.41, 5.74) is 5.47. The molecule has 1 saturated heterocycles. The highest BCUT2D eigenvalue weighted by Gasteiger charge is 2.15. The van der Waals surface area contributed by atoms with Gasteiger partial charge in [0.2, 0.25) is 5.91 Å². The van der Waals surface area contributed by atoms with E-state index in [1.165, 1.54) is 19.3 Å². The molecule has 1 amide bonds. The highest BCUT2D eigenvalue weighted by atomic mass is 16.2. The molecule has 0 radical (unpaired) electrons. The maximum atomic E-state index is 11.7. The highest BCUT2D eigenvalue weighted by molar-refractivity contribution is 5.76. The van der Waals surface area contributed by atoms with E-state index in [-0.39, 0.29) is 5.91 Å². The van der Waals surface area contributed by atoms with Gasteiger partial charge in [-0.2, -0.15) is 0 Å². The second-order valence-corrected chi connectivity index (χ2v) is 4.28. The first-order valence-electron chi connectivity index (χ1n) is 5.95. The van der Waals surface area contributed by atoms with Gasteiger partial charge in [-0.1, -0.05) is 0 Å². The Balaban J connectivity index is 2.12. The molecule has 1 rings (SSSR count). The topological polar surface area (TPSA) is 58.4 Å². The molecule has 1 heterocycles. The quantitative estimate of drug-likeness (QED) is 0.692. The van der Waals surface area contributed by atoms with Crippen LogP contribution in [0.1, 0.15) is 32.6 Å². The minimum Gasteiger partial charge on any atom is -0.343 e. The summed E-state index contributed by atoms with van der Waals surface area (Å²) in [6.07, 6.45) is 4.20. The third-order valence-corrected chi connectivity index (χ3v) is 2.89. The molecule has 4 nitrogen and oxygen atoms in total. The van der Waals surface area contributed by atoms with Gasteiger partial charge >= 0.3 is 0 Å². The Kier molecular flexibility index (Phi) is 5.65. The molecule has 88 valence electrons. The Morgan fingerprint density at radius 1 is 1.40 bits per heavy atom. The predicted molar refractivity (Wildman–Crippen MR) is 61.6 cm³/mol. The summed E-state index contributed by atoms with van der Waals surface area (Å²) in [5.74, 6) is 0.284. The summed E-state index contributed by atoms with van der Waals surface area (Å²) in [6.45, 7) is 5.30. The van der Waals surface area contributed by atoms with Crippen LogP contribution in [-0.2, 0) is 4.79 Å². The number of amides is 1. The molecule has 0 saturated carbocycles. The van der Waals surface area contributed by atoms with Gasteiger partial charge in [0.15, 0.2) is 0 Å². The van der Waals surface area contributed by atoms with Gasteiger partial charge in [-0.25, -0.2) is 0 Å². The van der Waals surface area contributed by atoms with E-state index < -0.39 is 0 Å². The lowest BCUT2D eigenvalue weighted by atomic mass is 10.1. The number of likely N-dealkylation sites (tertiary alicyclic amines) is 1. The molecule has 0 aromatic carbocycles. The number of hydrogen-bond donors (Lipinski definition) is 2. The molecule has 1 atom stereocenters. The fourth-order valence-corrected chi connectivity index (χ4v) is 1.81. The summed E-state index contributed by atoms with van der Waals surface area (Å²) in [4.78, 5) is 13.7. The van der Waals surface area contributed by atoms with Crippen molar-refractivity contribution in [2.45, 2.75) is 38.6 Å². The number of carbonyl (C=O) groups excluding carboxylic acids is 1. The van der Waals surface area contributed by atoms with Crippen molar-refractivity contribution in [2.24, 2.45) is 5.73 Å². The van der Waals surface area contributed by atoms with Crippen LogP contribution in [0, 0.1) is 0 Å². The van der Waals surface area contributed by atoms with Crippen LogP contribution in [0.2, 0.25) is 0 Å². The van der Waals surface area contributed by atoms with Crippen molar-refractivity contribution in [1.82, 2.24) is 10.2 Å². The van der Waals surface area contributed by atoms with Gasteiger partial charge in [-0.3, -0.25) is 4.79 Å². The molecule has 0 aromatic rings. The first kappa shape index (κ1) is 12.5. The zero-order chi connectivity index (χ0) is 11.1. The van der Waals surface area contributed by atoms with Gasteiger partial charge in [0.05, 0.1) is 0 Å². The van der Waals surface area contributed by atoms with E-state index in [4.69, 9.17) is 5.73 Å². The second kappa shape index (κ2) is 6.80. The lowest BCUT2D eigenvalue weighted by Crippen LogP contribution is -2.39. The summed E-state index contributed by atoms with van der Waals surface area (Å²) < 4.78 is 0. The Labute approximate surface area is 92.2 Å². The van der Waals surface area contributed by atoms with E-state index in [0.29, 0.717) is 19.0 Å². The molecule has 4 heteroatoms. The number of carbonyl (C=O) groups is 1. The van der Waals surface area contributed by atoms with Crippen molar-refractivity contribution in [3.63, 3.8) is 0 Å². The van der Waals surface area contributed by atoms with Crippen LogP contribution in [0.25, 0.3) is 0 Å². The first-order valence-corrected chi connectivity index (χ1v) is 5.95. The van der Waals surface area contributed by atoms with Crippen molar-refractivity contribution in [1.29, 1.82) is 0 Å². The molecule has 3 N–H and O–H groups in total. The molecular formula is C11H23N3O. The molecule has 0 aromatic heterocycles. The number of piperidine rings is 1. The molecule has 0 spiro atoms. The largest absolute Gasteiger partial charge is 0.343 e. The lowest BCUT2D eigenvalue weighted by Gasteiger charge is -2.27. The van der Waals surface area contributed by atoms with Crippen LogP contribution in [0.3, 0.4) is 0 Å². The zero-order valence-electron chi connectivity index (χ0n) is 9.67. The van der Waals surface area contributed by atoms with E-state index in [1.54, 1.807) is 0 Å². The van der Waals surface area contributed by atoms with Gasteiger partial charge in [0.25, 0.3) is 0 Å². The number of rotatable bonds is 5. The van der Waals surface area contributed by atoms with Gasteiger partial charge < -0.3 is 16.0 Å². The fourth-order valence-electron chi connectivity index (χ4n) is 1.81. The minimum absolute atomic E-state index is 0.284. The molecule has 15 heavy (non-hydrogen) atoms. The molecule has 0 aliphatic carbocycles.